The molecule has 0 aromatic heterocycles. The lowest BCUT2D eigenvalue weighted by Crippen LogP contribution is -2.33. The summed E-state index contributed by atoms with van der Waals surface area (Å²) in [5, 5.41) is 3.34. The third-order valence-electron chi connectivity index (χ3n) is 3.15. The van der Waals surface area contributed by atoms with Gasteiger partial charge in [0.05, 0.1) is 13.2 Å². The molecule has 17 heavy (non-hydrogen) atoms. The van der Waals surface area contributed by atoms with Crippen molar-refractivity contribution >= 4 is 0 Å². The van der Waals surface area contributed by atoms with Crippen LogP contribution in [0.3, 0.4) is 0 Å². The number of nitrogens with zero attached hydrogens (tertiary/aromatic N) is 1. The van der Waals surface area contributed by atoms with Crippen molar-refractivity contribution in [3.8, 4) is 0 Å². The lowest BCUT2D eigenvalue weighted by molar-refractivity contribution is 0.112. The van der Waals surface area contributed by atoms with Crippen molar-refractivity contribution in [1.29, 1.82) is 0 Å². The minimum atomic E-state index is 0.654. The van der Waals surface area contributed by atoms with Gasteiger partial charge in [0.15, 0.2) is 0 Å². The van der Waals surface area contributed by atoms with Crippen molar-refractivity contribution in [2.75, 3.05) is 54.1 Å². The summed E-state index contributed by atoms with van der Waals surface area (Å²) in [5.41, 5.74) is 0. The molecule has 0 aliphatic rings. The Labute approximate surface area is 107 Å². The van der Waals surface area contributed by atoms with E-state index in [9.17, 15) is 0 Å². The summed E-state index contributed by atoms with van der Waals surface area (Å²) in [7, 11) is 5.55. The number of rotatable bonds is 12. The van der Waals surface area contributed by atoms with Gasteiger partial charge in [-0.05, 0) is 32.9 Å². The van der Waals surface area contributed by atoms with Gasteiger partial charge in [-0.15, -0.1) is 0 Å². The molecule has 0 saturated carbocycles. The number of ether oxygens (including phenoxy) is 2. The summed E-state index contributed by atoms with van der Waals surface area (Å²) in [6.07, 6.45) is 3.67. The Morgan fingerprint density at radius 1 is 1.06 bits per heavy atom. The van der Waals surface area contributed by atoms with Crippen LogP contribution in [0.15, 0.2) is 0 Å². The van der Waals surface area contributed by atoms with Crippen molar-refractivity contribution in [2.24, 2.45) is 0 Å². The molecule has 0 spiro atoms. The molecule has 0 rings (SSSR count). The fourth-order valence-electron chi connectivity index (χ4n) is 1.89. The Bertz CT molecular complexity index is 144. The van der Waals surface area contributed by atoms with Crippen LogP contribution in [0.25, 0.3) is 0 Å². The van der Waals surface area contributed by atoms with Crippen LogP contribution in [0, 0.1) is 0 Å². The highest BCUT2D eigenvalue weighted by Crippen LogP contribution is 2.03. The quantitative estimate of drug-likeness (QED) is 0.564. The van der Waals surface area contributed by atoms with E-state index in [0.29, 0.717) is 6.04 Å². The van der Waals surface area contributed by atoms with Crippen molar-refractivity contribution in [2.45, 2.75) is 32.2 Å². The highest BCUT2D eigenvalue weighted by atomic mass is 16.5. The maximum atomic E-state index is 5.13. The molecular formula is C13H30N2O2. The summed E-state index contributed by atoms with van der Waals surface area (Å²) in [5.74, 6) is 0. The highest BCUT2D eigenvalue weighted by molar-refractivity contribution is 4.64. The van der Waals surface area contributed by atoms with Gasteiger partial charge in [0.2, 0.25) is 0 Å². The Balaban J connectivity index is 3.72. The SMILES string of the molecule is CCC(CCCN(CCOC)CCOC)NC. The Hall–Kier alpha value is -0.160. The van der Waals surface area contributed by atoms with Crippen LogP contribution < -0.4 is 5.32 Å². The van der Waals surface area contributed by atoms with Crippen molar-refractivity contribution in [3.05, 3.63) is 0 Å². The first kappa shape index (κ1) is 16.8. The Morgan fingerprint density at radius 3 is 2.06 bits per heavy atom. The number of methoxy groups -OCH3 is 2. The predicted molar refractivity (Wildman–Crippen MR) is 72.6 cm³/mol. The molecule has 0 aliphatic carbocycles. The van der Waals surface area contributed by atoms with E-state index in [-0.39, 0.29) is 0 Å². The van der Waals surface area contributed by atoms with Crippen molar-refractivity contribution in [3.63, 3.8) is 0 Å². The zero-order valence-electron chi connectivity index (χ0n) is 12.0. The van der Waals surface area contributed by atoms with Gasteiger partial charge in [0, 0.05) is 33.4 Å². The molecule has 1 N–H and O–H groups in total. The molecule has 0 amide bonds. The molecule has 4 heteroatoms. The van der Waals surface area contributed by atoms with E-state index in [1.165, 1.54) is 19.3 Å². The minimum Gasteiger partial charge on any atom is -0.383 e. The maximum absolute atomic E-state index is 5.13. The third kappa shape index (κ3) is 9.53. The molecule has 4 nitrogen and oxygen atoms in total. The van der Waals surface area contributed by atoms with E-state index >= 15 is 0 Å². The first-order valence-corrected chi connectivity index (χ1v) is 6.65. The van der Waals surface area contributed by atoms with Crippen LogP contribution in [0.2, 0.25) is 0 Å². The summed E-state index contributed by atoms with van der Waals surface area (Å²) < 4.78 is 10.3. The fraction of sp³-hybridized carbons (Fsp3) is 1.00. The average molecular weight is 246 g/mol. The molecule has 0 aliphatic heterocycles. The minimum absolute atomic E-state index is 0.654. The van der Waals surface area contributed by atoms with Crippen molar-refractivity contribution in [1.82, 2.24) is 10.2 Å². The molecule has 1 atom stereocenters. The predicted octanol–water partition coefficient (Wildman–Crippen LogP) is 1.36. The molecule has 0 aromatic carbocycles. The highest BCUT2D eigenvalue weighted by Gasteiger charge is 2.07. The molecule has 0 aromatic rings. The zero-order chi connectivity index (χ0) is 12.9. The second kappa shape index (κ2) is 12.3. The normalized spacial score (nSPS) is 13.2. The van der Waals surface area contributed by atoms with Gasteiger partial charge in [-0.3, -0.25) is 4.90 Å². The summed E-state index contributed by atoms with van der Waals surface area (Å²) >= 11 is 0. The van der Waals surface area contributed by atoms with Crippen LogP contribution in [0.1, 0.15) is 26.2 Å². The first-order chi connectivity index (χ1) is 8.28. The van der Waals surface area contributed by atoms with Gasteiger partial charge in [-0.2, -0.15) is 0 Å². The molecule has 0 saturated heterocycles. The zero-order valence-corrected chi connectivity index (χ0v) is 12.0. The van der Waals surface area contributed by atoms with Crippen LogP contribution in [-0.2, 0) is 9.47 Å². The number of hydrogen-bond donors (Lipinski definition) is 1. The molecule has 0 bridgehead atoms. The van der Waals surface area contributed by atoms with Crippen LogP contribution >= 0.6 is 0 Å². The van der Waals surface area contributed by atoms with Gasteiger partial charge in [0.25, 0.3) is 0 Å². The van der Waals surface area contributed by atoms with Crippen molar-refractivity contribution < 1.29 is 9.47 Å². The van der Waals surface area contributed by atoms with Crippen LogP contribution in [-0.4, -0.2) is 65.1 Å². The third-order valence-corrected chi connectivity index (χ3v) is 3.15. The van der Waals surface area contributed by atoms with E-state index < -0.39 is 0 Å². The van der Waals surface area contributed by atoms with Gasteiger partial charge >= 0.3 is 0 Å². The molecule has 104 valence electrons. The molecule has 0 heterocycles. The van der Waals surface area contributed by atoms with Gasteiger partial charge in [-0.25, -0.2) is 0 Å². The second-order valence-electron chi connectivity index (χ2n) is 4.36. The summed E-state index contributed by atoms with van der Waals surface area (Å²) in [6.45, 7) is 6.95. The first-order valence-electron chi connectivity index (χ1n) is 6.65. The largest absolute Gasteiger partial charge is 0.383 e. The van der Waals surface area contributed by atoms with Crippen LogP contribution in [0.4, 0.5) is 0 Å². The number of nitrogens with one attached hydrogen (secondary N) is 1. The van der Waals surface area contributed by atoms with E-state index in [1.807, 2.05) is 7.05 Å². The topological polar surface area (TPSA) is 33.7 Å². The fourth-order valence-corrected chi connectivity index (χ4v) is 1.89. The number of hydrogen-bond acceptors (Lipinski definition) is 4. The maximum Gasteiger partial charge on any atom is 0.0589 e. The van der Waals surface area contributed by atoms with Crippen LogP contribution in [0.5, 0.6) is 0 Å². The van der Waals surface area contributed by atoms with E-state index in [0.717, 1.165) is 32.8 Å². The van der Waals surface area contributed by atoms with E-state index in [2.05, 4.69) is 17.1 Å². The Morgan fingerprint density at radius 2 is 1.65 bits per heavy atom. The smallest absolute Gasteiger partial charge is 0.0589 e. The lowest BCUT2D eigenvalue weighted by atomic mass is 10.1. The standard InChI is InChI=1S/C13H30N2O2/c1-5-13(14-2)7-6-8-15(9-11-16-3)10-12-17-4/h13-14H,5-12H2,1-4H3. The van der Waals surface area contributed by atoms with Gasteiger partial charge < -0.3 is 14.8 Å². The van der Waals surface area contributed by atoms with E-state index in [4.69, 9.17) is 9.47 Å². The van der Waals surface area contributed by atoms with Gasteiger partial charge in [-0.1, -0.05) is 6.92 Å². The summed E-state index contributed by atoms with van der Waals surface area (Å²) in [6, 6.07) is 0.654. The molecule has 0 radical (unpaired) electrons. The molecule has 0 fully saturated rings. The second-order valence-corrected chi connectivity index (χ2v) is 4.36. The Kier molecular flexibility index (Phi) is 12.2. The average Bonchev–Trinajstić information content (AvgIpc) is 2.37. The van der Waals surface area contributed by atoms with Gasteiger partial charge in [0.1, 0.15) is 0 Å². The summed E-state index contributed by atoms with van der Waals surface area (Å²) in [4.78, 5) is 2.41. The monoisotopic (exact) mass is 246 g/mol. The van der Waals surface area contributed by atoms with E-state index in [1.54, 1.807) is 14.2 Å². The molecule has 1 unspecified atom stereocenters. The molecular weight excluding hydrogens is 216 g/mol. The lowest BCUT2D eigenvalue weighted by Gasteiger charge is -2.22.